The topological polar surface area (TPSA) is 64.7 Å². The summed E-state index contributed by atoms with van der Waals surface area (Å²) in [5.41, 5.74) is 2.71. The van der Waals surface area contributed by atoms with Crippen molar-refractivity contribution in [3.05, 3.63) is 53.4 Å². The predicted molar refractivity (Wildman–Crippen MR) is 91.4 cm³/mol. The Hall–Kier alpha value is -2.25. The molecule has 0 atom stereocenters. The number of fused-ring (bicyclic) bond motifs is 1. The van der Waals surface area contributed by atoms with E-state index in [0.717, 1.165) is 26.6 Å². The lowest BCUT2D eigenvalue weighted by Crippen LogP contribution is -1.93. The zero-order chi connectivity index (χ0) is 15.6. The number of hydrogen-bond acceptors (Lipinski definition) is 7. The first-order chi connectivity index (χ1) is 11.3. The fourth-order valence-electron chi connectivity index (χ4n) is 2.16. The molecular weight excluding hydrogens is 328 g/mol. The van der Waals surface area contributed by atoms with Crippen molar-refractivity contribution in [2.45, 2.75) is 17.7 Å². The van der Waals surface area contributed by atoms with E-state index in [1.54, 1.807) is 23.1 Å². The Bertz CT molecular complexity index is 950. The van der Waals surface area contributed by atoms with Crippen molar-refractivity contribution in [2.24, 2.45) is 0 Å². The van der Waals surface area contributed by atoms with Crippen molar-refractivity contribution in [1.29, 1.82) is 0 Å². The van der Waals surface area contributed by atoms with E-state index in [4.69, 9.17) is 4.52 Å². The summed E-state index contributed by atoms with van der Waals surface area (Å²) in [7, 11) is 0. The van der Waals surface area contributed by atoms with Crippen LogP contribution in [0.2, 0.25) is 0 Å². The summed E-state index contributed by atoms with van der Waals surface area (Å²) in [5.74, 6) is 1.80. The summed E-state index contributed by atoms with van der Waals surface area (Å²) in [6, 6.07) is 11.8. The fraction of sp³-hybridized carbons (Fsp3) is 0.125. The van der Waals surface area contributed by atoms with Gasteiger partial charge < -0.3 is 4.52 Å². The van der Waals surface area contributed by atoms with Gasteiger partial charge in [0.15, 0.2) is 0 Å². The van der Waals surface area contributed by atoms with Crippen LogP contribution in [0.1, 0.15) is 11.6 Å². The minimum absolute atomic E-state index is 0.576. The maximum Gasteiger partial charge on any atom is 0.237 e. The van der Waals surface area contributed by atoms with Gasteiger partial charge in [0.25, 0.3) is 0 Å². The average molecular weight is 340 g/mol. The quantitative estimate of drug-likeness (QED) is 0.515. The van der Waals surface area contributed by atoms with Crippen molar-refractivity contribution in [3.63, 3.8) is 0 Å². The molecule has 0 unspecified atom stereocenters. The van der Waals surface area contributed by atoms with E-state index in [1.165, 1.54) is 0 Å². The molecular formula is C16H12N4OS2. The molecule has 4 rings (SSSR count). The minimum atomic E-state index is 0.576. The molecule has 0 bridgehead atoms. The molecule has 1 aromatic carbocycles. The Kier molecular flexibility index (Phi) is 3.80. The van der Waals surface area contributed by atoms with Crippen LogP contribution in [0.5, 0.6) is 0 Å². The number of para-hydroxylation sites is 2. The first-order valence-corrected chi connectivity index (χ1v) is 8.89. The molecule has 0 radical (unpaired) electrons. The van der Waals surface area contributed by atoms with Gasteiger partial charge in [-0.05, 0) is 30.5 Å². The highest BCUT2D eigenvalue weighted by Crippen LogP contribution is 2.26. The molecule has 0 saturated heterocycles. The molecule has 0 N–H and O–H groups in total. The van der Waals surface area contributed by atoms with E-state index in [2.05, 4.69) is 20.1 Å². The number of rotatable bonds is 4. The normalized spacial score (nSPS) is 11.2. The standard InChI is InChI=1S/C16H12N4OS2/c1-10-16(18-12-6-3-2-5-11(12)17-10)23-9-14-19-15(20-21-14)13-7-4-8-22-13/h2-8H,9H2,1H3. The van der Waals surface area contributed by atoms with Crippen molar-refractivity contribution < 1.29 is 4.52 Å². The molecule has 0 aliphatic heterocycles. The lowest BCUT2D eigenvalue weighted by atomic mass is 10.3. The van der Waals surface area contributed by atoms with Crippen LogP contribution in [-0.2, 0) is 5.75 Å². The van der Waals surface area contributed by atoms with E-state index in [-0.39, 0.29) is 0 Å². The Balaban J connectivity index is 1.54. The van der Waals surface area contributed by atoms with Gasteiger partial charge in [0.05, 0.1) is 27.4 Å². The maximum absolute atomic E-state index is 5.31. The highest BCUT2D eigenvalue weighted by Gasteiger charge is 2.12. The number of nitrogens with zero attached hydrogens (tertiary/aromatic N) is 4. The first-order valence-electron chi connectivity index (χ1n) is 7.02. The van der Waals surface area contributed by atoms with Gasteiger partial charge in [0.1, 0.15) is 5.03 Å². The molecule has 7 heteroatoms. The Morgan fingerprint density at radius 2 is 1.87 bits per heavy atom. The molecule has 23 heavy (non-hydrogen) atoms. The van der Waals surface area contributed by atoms with Crippen molar-refractivity contribution in [3.8, 4) is 10.7 Å². The maximum atomic E-state index is 5.31. The Morgan fingerprint density at radius 3 is 2.65 bits per heavy atom. The lowest BCUT2D eigenvalue weighted by Gasteiger charge is -2.04. The summed E-state index contributed by atoms with van der Waals surface area (Å²) in [5, 5.41) is 6.90. The van der Waals surface area contributed by atoms with Gasteiger partial charge in [-0.3, -0.25) is 0 Å². The zero-order valence-electron chi connectivity index (χ0n) is 12.3. The predicted octanol–water partition coefficient (Wildman–Crippen LogP) is 4.34. The fourth-order valence-corrected chi connectivity index (χ4v) is 3.60. The molecule has 5 nitrogen and oxygen atoms in total. The SMILES string of the molecule is Cc1nc2ccccc2nc1SCc1nc(-c2cccs2)no1. The van der Waals surface area contributed by atoms with Crippen molar-refractivity contribution in [1.82, 2.24) is 20.1 Å². The van der Waals surface area contributed by atoms with Crippen LogP contribution in [-0.4, -0.2) is 20.1 Å². The second kappa shape index (κ2) is 6.10. The highest BCUT2D eigenvalue weighted by molar-refractivity contribution is 7.98. The van der Waals surface area contributed by atoms with E-state index in [1.807, 2.05) is 48.7 Å². The smallest absolute Gasteiger partial charge is 0.237 e. The number of thiophene rings is 1. The number of aromatic nitrogens is 4. The molecule has 114 valence electrons. The molecule has 4 aromatic rings. The van der Waals surface area contributed by atoms with Crippen LogP contribution >= 0.6 is 23.1 Å². The molecule has 0 amide bonds. The lowest BCUT2D eigenvalue weighted by molar-refractivity contribution is 0.392. The summed E-state index contributed by atoms with van der Waals surface area (Å²) < 4.78 is 5.31. The van der Waals surface area contributed by atoms with Crippen molar-refractivity contribution >= 4 is 34.1 Å². The van der Waals surface area contributed by atoms with Crippen LogP contribution < -0.4 is 0 Å². The monoisotopic (exact) mass is 340 g/mol. The van der Waals surface area contributed by atoms with E-state index < -0.39 is 0 Å². The van der Waals surface area contributed by atoms with Gasteiger partial charge in [-0.25, -0.2) is 9.97 Å². The highest BCUT2D eigenvalue weighted by atomic mass is 32.2. The van der Waals surface area contributed by atoms with Crippen LogP contribution in [0.25, 0.3) is 21.7 Å². The number of thioether (sulfide) groups is 1. The van der Waals surface area contributed by atoms with E-state index in [9.17, 15) is 0 Å². The molecule has 0 saturated carbocycles. The van der Waals surface area contributed by atoms with E-state index in [0.29, 0.717) is 17.5 Å². The second-order valence-electron chi connectivity index (χ2n) is 4.88. The van der Waals surface area contributed by atoms with Gasteiger partial charge in [-0.1, -0.05) is 35.1 Å². The summed E-state index contributed by atoms with van der Waals surface area (Å²) in [6.07, 6.45) is 0. The molecule has 0 spiro atoms. The third-order valence-electron chi connectivity index (χ3n) is 3.24. The third kappa shape index (κ3) is 2.97. The molecule has 0 aliphatic carbocycles. The largest absolute Gasteiger partial charge is 0.338 e. The summed E-state index contributed by atoms with van der Waals surface area (Å²) >= 11 is 3.15. The summed E-state index contributed by atoms with van der Waals surface area (Å²) in [6.45, 7) is 1.96. The molecule has 0 aliphatic rings. The molecule has 3 aromatic heterocycles. The number of benzene rings is 1. The van der Waals surface area contributed by atoms with Crippen LogP contribution in [0.4, 0.5) is 0 Å². The van der Waals surface area contributed by atoms with Crippen LogP contribution in [0.3, 0.4) is 0 Å². The minimum Gasteiger partial charge on any atom is -0.338 e. The zero-order valence-corrected chi connectivity index (χ0v) is 13.9. The average Bonchev–Trinajstić information content (AvgIpc) is 3.24. The first kappa shape index (κ1) is 14.3. The van der Waals surface area contributed by atoms with Gasteiger partial charge in [0, 0.05) is 0 Å². The van der Waals surface area contributed by atoms with E-state index >= 15 is 0 Å². The van der Waals surface area contributed by atoms with Gasteiger partial charge in [-0.15, -0.1) is 11.3 Å². The van der Waals surface area contributed by atoms with Crippen LogP contribution in [0, 0.1) is 6.92 Å². The number of hydrogen-bond donors (Lipinski definition) is 0. The Morgan fingerprint density at radius 1 is 1.04 bits per heavy atom. The van der Waals surface area contributed by atoms with Gasteiger partial charge in [0.2, 0.25) is 11.7 Å². The Labute approximate surface area is 140 Å². The third-order valence-corrected chi connectivity index (χ3v) is 5.16. The molecule has 0 fully saturated rings. The van der Waals surface area contributed by atoms with Crippen LogP contribution in [0.15, 0.2) is 51.3 Å². The van der Waals surface area contributed by atoms with Gasteiger partial charge >= 0.3 is 0 Å². The van der Waals surface area contributed by atoms with Gasteiger partial charge in [-0.2, -0.15) is 4.98 Å². The van der Waals surface area contributed by atoms with Crippen molar-refractivity contribution in [2.75, 3.05) is 0 Å². The summed E-state index contributed by atoms with van der Waals surface area (Å²) in [4.78, 5) is 14.7. The molecule has 3 heterocycles. The second-order valence-corrected chi connectivity index (χ2v) is 6.79. The number of aryl methyl sites for hydroxylation is 1.